The minimum absolute atomic E-state index is 0.0447. The number of ether oxygens (including phenoxy) is 1. The molecule has 1 saturated heterocycles. The van der Waals surface area contributed by atoms with E-state index in [-0.39, 0.29) is 6.04 Å². The number of rotatable bonds is 11. The van der Waals surface area contributed by atoms with Crippen LogP contribution in [0.5, 0.6) is 5.75 Å². The van der Waals surface area contributed by atoms with E-state index >= 15 is 0 Å². The van der Waals surface area contributed by atoms with Crippen LogP contribution in [0.2, 0.25) is 0 Å². The summed E-state index contributed by atoms with van der Waals surface area (Å²) in [4.78, 5) is 2.37. The Bertz CT molecular complexity index is 622. The van der Waals surface area contributed by atoms with E-state index in [1.807, 2.05) is 38.1 Å². The van der Waals surface area contributed by atoms with Crippen molar-refractivity contribution in [1.29, 1.82) is 0 Å². The monoisotopic (exact) mass is 383 g/mol. The molecule has 1 unspecified atom stereocenters. The summed E-state index contributed by atoms with van der Waals surface area (Å²) in [6.07, 6.45) is 3.96. The molecule has 1 atom stereocenters. The summed E-state index contributed by atoms with van der Waals surface area (Å²) in [6.45, 7) is 7.52. The third-order valence-corrected chi connectivity index (χ3v) is 6.40. The fourth-order valence-corrected chi connectivity index (χ4v) is 4.86. The first-order valence-corrected chi connectivity index (χ1v) is 11.1. The molecule has 0 radical (unpaired) electrons. The lowest BCUT2D eigenvalue weighted by Crippen LogP contribution is -2.45. The van der Waals surface area contributed by atoms with E-state index in [2.05, 4.69) is 9.62 Å². The lowest BCUT2D eigenvalue weighted by Gasteiger charge is -2.29. The third kappa shape index (κ3) is 5.67. The van der Waals surface area contributed by atoms with Crippen molar-refractivity contribution in [1.82, 2.24) is 13.9 Å². The minimum atomic E-state index is -3.46. The SMILES string of the molecule is CCCN(CCC)S(=O)(=O)NCC(c1ccc(OC)cc1)N1CCCC1. The first-order valence-electron chi connectivity index (χ1n) is 9.64. The smallest absolute Gasteiger partial charge is 0.279 e. The Kier molecular flexibility index (Phi) is 8.34. The Morgan fingerprint density at radius 3 is 2.19 bits per heavy atom. The number of likely N-dealkylation sites (tertiary alicyclic amines) is 1. The molecular weight excluding hydrogens is 350 g/mol. The molecule has 2 rings (SSSR count). The van der Waals surface area contributed by atoms with E-state index < -0.39 is 10.2 Å². The van der Waals surface area contributed by atoms with E-state index in [1.54, 1.807) is 11.4 Å². The van der Waals surface area contributed by atoms with Crippen molar-refractivity contribution in [2.24, 2.45) is 0 Å². The van der Waals surface area contributed by atoms with Crippen LogP contribution in [0.15, 0.2) is 24.3 Å². The van der Waals surface area contributed by atoms with Crippen molar-refractivity contribution in [3.05, 3.63) is 29.8 Å². The average Bonchev–Trinajstić information content (AvgIpc) is 3.16. The highest BCUT2D eigenvalue weighted by atomic mass is 32.2. The van der Waals surface area contributed by atoms with Gasteiger partial charge in [-0.2, -0.15) is 12.7 Å². The number of methoxy groups -OCH3 is 1. The maximum atomic E-state index is 12.7. The molecule has 1 heterocycles. The van der Waals surface area contributed by atoms with Crippen LogP contribution in [0, 0.1) is 0 Å². The van der Waals surface area contributed by atoms with Gasteiger partial charge in [-0.3, -0.25) is 4.90 Å². The molecule has 148 valence electrons. The van der Waals surface area contributed by atoms with Crippen LogP contribution in [0.3, 0.4) is 0 Å². The second kappa shape index (κ2) is 10.3. The van der Waals surface area contributed by atoms with E-state index in [9.17, 15) is 8.42 Å². The second-order valence-electron chi connectivity index (χ2n) is 6.78. The van der Waals surface area contributed by atoms with Gasteiger partial charge in [-0.1, -0.05) is 26.0 Å². The van der Waals surface area contributed by atoms with E-state index in [1.165, 1.54) is 0 Å². The minimum Gasteiger partial charge on any atom is -0.497 e. The van der Waals surface area contributed by atoms with E-state index in [0.29, 0.717) is 19.6 Å². The standard InChI is InChI=1S/C19H33N3O3S/c1-4-12-22(13-5-2)26(23,24)20-16-19(21-14-6-7-15-21)17-8-10-18(25-3)11-9-17/h8-11,19-20H,4-7,12-16H2,1-3H3. The normalized spacial score (nSPS) is 16.9. The highest BCUT2D eigenvalue weighted by molar-refractivity contribution is 7.87. The van der Waals surface area contributed by atoms with Crippen LogP contribution in [0.1, 0.15) is 51.1 Å². The lowest BCUT2D eigenvalue weighted by atomic mass is 10.1. The van der Waals surface area contributed by atoms with Crippen LogP contribution in [-0.4, -0.2) is 57.5 Å². The predicted octanol–water partition coefficient (Wildman–Crippen LogP) is 2.79. The molecule has 1 N–H and O–H groups in total. The van der Waals surface area contributed by atoms with Crippen LogP contribution in [-0.2, 0) is 10.2 Å². The number of benzene rings is 1. The zero-order valence-electron chi connectivity index (χ0n) is 16.3. The molecule has 26 heavy (non-hydrogen) atoms. The van der Waals surface area contributed by atoms with Gasteiger partial charge in [0.25, 0.3) is 10.2 Å². The van der Waals surface area contributed by atoms with Crippen molar-refractivity contribution in [2.45, 2.75) is 45.6 Å². The lowest BCUT2D eigenvalue weighted by molar-refractivity contribution is 0.245. The molecule has 1 aromatic rings. The van der Waals surface area contributed by atoms with Gasteiger partial charge in [0, 0.05) is 25.7 Å². The largest absolute Gasteiger partial charge is 0.497 e. The second-order valence-corrected chi connectivity index (χ2v) is 8.54. The summed E-state index contributed by atoms with van der Waals surface area (Å²) >= 11 is 0. The molecule has 7 heteroatoms. The van der Waals surface area contributed by atoms with Gasteiger partial charge >= 0.3 is 0 Å². The fourth-order valence-electron chi connectivity index (χ4n) is 3.46. The zero-order chi connectivity index (χ0) is 19.0. The molecule has 1 fully saturated rings. The van der Waals surface area contributed by atoms with Crippen LogP contribution in [0.25, 0.3) is 0 Å². The molecule has 1 aliphatic heterocycles. The Labute approximate surface area is 158 Å². The van der Waals surface area contributed by atoms with E-state index in [4.69, 9.17) is 4.74 Å². The number of hydrogen-bond donors (Lipinski definition) is 1. The maximum Gasteiger partial charge on any atom is 0.279 e. The van der Waals surface area contributed by atoms with Gasteiger partial charge in [-0.15, -0.1) is 0 Å². The zero-order valence-corrected chi connectivity index (χ0v) is 17.1. The van der Waals surface area contributed by atoms with Crippen LogP contribution >= 0.6 is 0 Å². The summed E-state index contributed by atoms with van der Waals surface area (Å²) < 4.78 is 35.1. The first kappa shape index (κ1) is 21.2. The van der Waals surface area contributed by atoms with Crippen molar-refractivity contribution in [2.75, 3.05) is 39.8 Å². The number of hydrogen-bond acceptors (Lipinski definition) is 4. The summed E-state index contributed by atoms with van der Waals surface area (Å²) in [5.41, 5.74) is 1.12. The third-order valence-electron chi connectivity index (χ3n) is 4.83. The quantitative estimate of drug-likeness (QED) is 0.638. The van der Waals surface area contributed by atoms with Crippen molar-refractivity contribution < 1.29 is 13.2 Å². The van der Waals surface area contributed by atoms with Crippen LogP contribution < -0.4 is 9.46 Å². The highest BCUT2D eigenvalue weighted by Gasteiger charge is 2.27. The molecule has 0 bridgehead atoms. The van der Waals surface area contributed by atoms with Crippen molar-refractivity contribution in [3.8, 4) is 5.75 Å². The highest BCUT2D eigenvalue weighted by Crippen LogP contribution is 2.26. The number of nitrogens with one attached hydrogen (secondary N) is 1. The Morgan fingerprint density at radius 2 is 1.69 bits per heavy atom. The molecule has 1 aromatic carbocycles. The number of nitrogens with zero attached hydrogens (tertiary/aromatic N) is 2. The molecular formula is C19H33N3O3S. The Balaban J connectivity index is 2.13. The fraction of sp³-hybridized carbons (Fsp3) is 0.684. The van der Waals surface area contributed by atoms with Gasteiger partial charge < -0.3 is 4.74 Å². The average molecular weight is 384 g/mol. The first-order chi connectivity index (χ1) is 12.5. The van der Waals surface area contributed by atoms with Gasteiger partial charge in [-0.05, 0) is 56.5 Å². The topological polar surface area (TPSA) is 61.9 Å². The Hall–Kier alpha value is -1.15. The van der Waals surface area contributed by atoms with Gasteiger partial charge in [0.1, 0.15) is 5.75 Å². The molecule has 0 saturated carbocycles. The molecule has 0 aromatic heterocycles. The Morgan fingerprint density at radius 1 is 1.12 bits per heavy atom. The molecule has 0 amide bonds. The maximum absolute atomic E-state index is 12.7. The summed E-state index contributed by atoms with van der Waals surface area (Å²) in [5.74, 6) is 0.812. The van der Waals surface area contributed by atoms with Gasteiger partial charge in [0.15, 0.2) is 0 Å². The van der Waals surface area contributed by atoms with Gasteiger partial charge in [-0.25, -0.2) is 4.72 Å². The van der Waals surface area contributed by atoms with Gasteiger partial charge in [0.05, 0.1) is 7.11 Å². The molecule has 0 aliphatic carbocycles. The predicted molar refractivity (Wildman–Crippen MR) is 106 cm³/mol. The molecule has 1 aliphatic rings. The summed E-state index contributed by atoms with van der Waals surface area (Å²) in [7, 11) is -1.81. The van der Waals surface area contributed by atoms with Gasteiger partial charge in [0.2, 0.25) is 0 Å². The van der Waals surface area contributed by atoms with Crippen molar-refractivity contribution in [3.63, 3.8) is 0 Å². The molecule has 0 spiro atoms. The van der Waals surface area contributed by atoms with Crippen LogP contribution in [0.4, 0.5) is 0 Å². The van der Waals surface area contributed by atoms with Crippen molar-refractivity contribution >= 4 is 10.2 Å². The summed E-state index contributed by atoms with van der Waals surface area (Å²) in [5, 5.41) is 0. The summed E-state index contributed by atoms with van der Waals surface area (Å²) in [6, 6.07) is 7.99. The van der Waals surface area contributed by atoms with E-state index in [0.717, 1.165) is 50.1 Å². The molecule has 6 nitrogen and oxygen atoms in total.